The van der Waals surface area contributed by atoms with E-state index in [9.17, 15) is 29.6 Å². The quantitative estimate of drug-likeness (QED) is 0.148. The van der Waals surface area contributed by atoms with Crippen LogP contribution in [0.5, 0.6) is 0 Å². The first-order valence-corrected chi connectivity index (χ1v) is 12.6. The maximum atomic E-state index is 13.5. The molecule has 5 rings (SSSR count). The lowest BCUT2D eigenvalue weighted by Crippen LogP contribution is -2.57. The molecule has 2 aliphatic heterocycles. The number of nitrogens with one attached hydrogen (secondary N) is 1. The van der Waals surface area contributed by atoms with E-state index in [0.29, 0.717) is 11.1 Å². The maximum absolute atomic E-state index is 13.5. The zero-order valence-corrected chi connectivity index (χ0v) is 21.3. The van der Waals surface area contributed by atoms with Crippen molar-refractivity contribution < 1.29 is 24.4 Å². The number of hydrogen-bond donors (Lipinski definition) is 2. The zero-order valence-electron chi connectivity index (χ0n) is 21.3. The summed E-state index contributed by atoms with van der Waals surface area (Å²) in [6.45, 7) is -0.256. The van der Waals surface area contributed by atoms with E-state index in [4.69, 9.17) is 6.42 Å². The van der Waals surface area contributed by atoms with Crippen LogP contribution in [-0.2, 0) is 20.8 Å². The predicted molar refractivity (Wildman–Crippen MR) is 147 cm³/mol. The van der Waals surface area contributed by atoms with Crippen LogP contribution < -0.4 is 5.32 Å². The highest BCUT2D eigenvalue weighted by Crippen LogP contribution is 2.50. The zero-order chi connectivity index (χ0) is 28.4. The predicted octanol–water partition coefficient (Wildman–Crippen LogP) is 3.71. The molecule has 9 heteroatoms. The van der Waals surface area contributed by atoms with Gasteiger partial charge in [-0.15, -0.1) is 6.42 Å². The van der Waals surface area contributed by atoms with Crippen LogP contribution in [0.1, 0.15) is 28.3 Å². The molecule has 9 nitrogen and oxygen atoms in total. The van der Waals surface area contributed by atoms with Crippen LogP contribution in [-0.4, -0.2) is 44.8 Å². The number of carbonyl (C=O) groups excluding carboxylic acids is 2. The Bertz CT molecular complexity index is 1540. The van der Waals surface area contributed by atoms with Gasteiger partial charge >= 0.3 is 5.97 Å². The topological polar surface area (TPSA) is 130 Å². The van der Waals surface area contributed by atoms with E-state index in [1.54, 1.807) is 0 Å². The number of carboxylic acid groups (broad SMARTS) is 1. The first-order chi connectivity index (χ1) is 19.2. The number of rotatable bonds is 8. The summed E-state index contributed by atoms with van der Waals surface area (Å²) in [5.41, 5.74) is 1.08. The van der Waals surface area contributed by atoms with Crippen LogP contribution in [0.3, 0.4) is 0 Å². The lowest BCUT2D eigenvalue weighted by molar-refractivity contribution is -0.384. The number of nitro benzene ring substituents is 1. The second-order valence-corrected chi connectivity index (χ2v) is 9.88. The molecule has 4 unspecified atom stereocenters. The average Bonchev–Trinajstić information content (AvgIpc) is 3.43. The average molecular weight is 536 g/mol. The fraction of sp³-hybridized carbons (Fsp3) is 0.194. The molecule has 0 saturated carbocycles. The second kappa shape index (κ2) is 10.6. The highest BCUT2D eigenvalue weighted by Gasteiger charge is 2.68. The molecule has 40 heavy (non-hydrogen) atoms. The summed E-state index contributed by atoms with van der Waals surface area (Å²) in [7, 11) is 0. The first kappa shape index (κ1) is 26.5. The Morgan fingerprint density at radius 1 is 1.00 bits per heavy atom. The third-order valence-electron chi connectivity index (χ3n) is 7.57. The Morgan fingerprint density at radius 3 is 2.20 bits per heavy atom. The standard InChI is InChI=1S/C31H25N3O6/c1-2-18-33-28(35)25-26(29(33)36)31(30(37)38,19-22-12-16-24(17-13-22)34(39)40)32-27(25)23-14-10-21(11-15-23)9-8-20-6-4-3-5-7-20/h1,3-17,25-27,32H,18-19H2,(H,37,38)/b9-8+. The van der Waals surface area contributed by atoms with Crippen LogP contribution in [0.15, 0.2) is 78.9 Å². The smallest absolute Gasteiger partial charge is 0.325 e. The molecule has 0 radical (unpaired) electrons. The first-order valence-electron chi connectivity index (χ1n) is 12.6. The minimum atomic E-state index is -1.84. The molecule has 0 aromatic heterocycles. The number of non-ortho nitro benzene ring substituents is 1. The van der Waals surface area contributed by atoms with Crippen molar-refractivity contribution in [1.29, 1.82) is 0 Å². The minimum Gasteiger partial charge on any atom is -0.480 e. The highest BCUT2D eigenvalue weighted by atomic mass is 16.6. The lowest BCUT2D eigenvalue weighted by Gasteiger charge is -2.31. The van der Waals surface area contributed by atoms with Crippen molar-refractivity contribution in [3.05, 3.63) is 111 Å². The van der Waals surface area contributed by atoms with Crippen molar-refractivity contribution in [3.8, 4) is 12.3 Å². The Hall–Kier alpha value is -5.07. The molecular weight excluding hydrogens is 510 g/mol. The van der Waals surface area contributed by atoms with Gasteiger partial charge in [0.25, 0.3) is 5.69 Å². The van der Waals surface area contributed by atoms with Gasteiger partial charge in [-0.2, -0.15) is 0 Å². The summed E-state index contributed by atoms with van der Waals surface area (Å²) >= 11 is 0. The molecule has 200 valence electrons. The van der Waals surface area contributed by atoms with E-state index >= 15 is 0 Å². The third-order valence-corrected chi connectivity index (χ3v) is 7.57. The van der Waals surface area contributed by atoms with Crippen molar-refractivity contribution in [2.24, 2.45) is 11.8 Å². The molecule has 2 fully saturated rings. The van der Waals surface area contributed by atoms with Gasteiger partial charge in [0.2, 0.25) is 11.8 Å². The third kappa shape index (κ3) is 4.65. The Morgan fingerprint density at radius 2 is 1.62 bits per heavy atom. The molecule has 3 aromatic rings. The summed E-state index contributed by atoms with van der Waals surface area (Å²) in [4.78, 5) is 51.4. The number of terminal acetylenes is 1. The normalized spacial score (nSPS) is 23.8. The number of carbonyl (C=O) groups is 3. The molecular formula is C31H25N3O6. The monoisotopic (exact) mass is 535 g/mol. The van der Waals surface area contributed by atoms with Gasteiger partial charge in [-0.3, -0.25) is 34.7 Å². The Labute approximate surface area is 230 Å². The summed E-state index contributed by atoms with van der Waals surface area (Å²) in [5, 5.41) is 24.7. The van der Waals surface area contributed by atoms with Gasteiger partial charge in [0, 0.05) is 24.6 Å². The molecule has 4 atom stereocenters. The van der Waals surface area contributed by atoms with Crippen LogP contribution in [0.25, 0.3) is 12.2 Å². The van der Waals surface area contributed by atoms with Gasteiger partial charge in [-0.25, -0.2) is 0 Å². The molecule has 2 heterocycles. The van der Waals surface area contributed by atoms with Gasteiger partial charge in [0.05, 0.1) is 23.3 Å². The molecule has 2 N–H and O–H groups in total. The largest absolute Gasteiger partial charge is 0.480 e. The van der Waals surface area contributed by atoms with Gasteiger partial charge in [-0.05, 0) is 22.3 Å². The highest BCUT2D eigenvalue weighted by molar-refractivity contribution is 6.09. The number of fused-ring (bicyclic) bond motifs is 1. The number of carboxylic acids is 1. The number of aliphatic carboxylic acids is 1. The van der Waals surface area contributed by atoms with E-state index in [0.717, 1.165) is 16.0 Å². The molecule has 0 bridgehead atoms. The molecule has 2 saturated heterocycles. The van der Waals surface area contributed by atoms with Crippen molar-refractivity contribution in [1.82, 2.24) is 10.2 Å². The van der Waals surface area contributed by atoms with Crippen LogP contribution >= 0.6 is 0 Å². The van der Waals surface area contributed by atoms with Crippen LogP contribution in [0.4, 0.5) is 5.69 Å². The van der Waals surface area contributed by atoms with Crippen molar-refractivity contribution in [2.45, 2.75) is 18.0 Å². The Kier molecular flexibility index (Phi) is 7.03. The number of benzene rings is 3. The number of imide groups is 1. The van der Waals surface area contributed by atoms with Crippen molar-refractivity contribution in [2.75, 3.05) is 6.54 Å². The van der Waals surface area contributed by atoms with Gasteiger partial charge in [0.1, 0.15) is 5.54 Å². The maximum Gasteiger partial charge on any atom is 0.325 e. The molecule has 0 spiro atoms. The molecule has 2 aliphatic rings. The number of nitro groups is 1. The van der Waals surface area contributed by atoms with E-state index in [-0.39, 0.29) is 18.7 Å². The summed E-state index contributed by atoms with van der Waals surface area (Å²) < 4.78 is 0. The Balaban J connectivity index is 1.51. The van der Waals surface area contributed by atoms with Crippen molar-refractivity contribution >= 4 is 35.6 Å². The fourth-order valence-corrected chi connectivity index (χ4v) is 5.66. The lowest BCUT2D eigenvalue weighted by atomic mass is 9.76. The number of likely N-dealkylation sites (tertiary alicyclic amines) is 1. The van der Waals surface area contributed by atoms with Gasteiger partial charge in [-0.1, -0.05) is 84.8 Å². The number of nitrogens with zero attached hydrogens (tertiary/aromatic N) is 2. The van der Waals surface area contributed by atoms with E-state index in [1.807, 2.05) is 66.7 Å². The van der Waals surface area contributed by atoms with Gasteiger partial charge in [0.15, 0.2) is 0 Å². The number of hydrogen-bond acceptors (Lipinski definition) is 6. The van der Waals surface area contributed by atoms with Gasteiger partial charge < -0.3 is 5.11 Å². The second-order valence-electron chi connectivity index (χ2n) is 9.88. The summed E-state index contributed by atoms with van der Waals surface area (Å²) in [6, 6.07) is 21.8. The number of amides is 2. The SMILES string of the molecule is C#CCN1C(=O)C2C(c3ccc(/C=C/c4ccccc4)cc3)NC(Cc3ccc([N+](=O)[O-])cc3)(C(=O)O)C2C1=O. The summed E-state index contributed by atoms with van der Waals surface area (Å²) in [5.74, 6) is -2.35. The minimum absolute atomic E-state index is 0.142. The van der Waals surface area contributed by atoms with E-state index < -0.39 is 46.1 Å². The molecule has 2 amide bonds. The van der Waals surface area contributed by atoms with E-state index in [1.165, 1.54) is 24.3 Å². The van der Waals surface area contributed by atoms with Crippen molar-refractivity contribution in [3.63, 3.8) is 0 Å². The summed E-state index contributed by atoms with van der Waals surface area (Å²) in [6.07, 6.45) is 9.16. The van der Waals surface area contributed by atoms with E-state index in [2.05, 4.69) is 11.2 Å². The van der Waals surface area contributed by atoms with Crippen LogP contribution in [0.2, 0.25) is 0 Å². The molecule has 3 aromatic carbocycles. The van der Waals surface area contributed by atoms with Crippen LogP contribution in [0, 0.1) is 34.3 Å². The fourth-order valence-electron chi connectivity index (χ4n) is 5.66. The molecule has 0 aliphatic carbocycles.